The Labute approximate surface area is 114 Å². The molecule has 0 saturated heterocycles. The van der Waals surface area contributed by atoms with E-state index in [1.807, 2.05) is 6.92 Å². The van der Waals surface area contributed by atoms with Crippen LogP contribution in [0, 0.1) is 12.7 Å². The SMILES string of the molecule is Cc1cnc(Cl)c(NC(=O)c2cc(N)cc(F)c2)c1. The van der Waals surface area contributed by atoms with Crippen molar-refractivity contribution in [1.82, 2.24) is 4.98 Å². The fourth-order valence-corrected chi connectivity index (χ4v) is 1.73. The molecular formula is C13H11ClFN3O. The Kier molecular flexibility index (Phi) is 3.66. The Hall–Kier alpha value is -2.14. The molecule has 0 aliphatic carbocycles. The molecule has 0 unspecified atom stereocenters. The van der Waals surface area contributed by atoms with Crippen LogP contribution in [0.5, 0.6) is 0 Å². The van der Waals surface area contributed by atoms with E-state index < -0.39 is 11.7 Å². The number of anilines is 2. The summed E-state index contributed by atoms with van der Waals surface area (Å²) in [5, 5.41) is 2.74. The number of hydrogen-bond acceptors (Lipinski definition) is 3. The van der Waals surface area contributed by atoms with Gasteiger partial charge in [-0.05, 0) is 36.8 Å². The van der Waals surface area contributed by atoms with Crippen molar-refractivity contribution >= 4 is 28.9 Å². The first-order valence-electron chi connectivity index (χ1n) is 5.45. The minimum atomic E-state index is -0.571. The van der Waals surface area contributed by atoms with Gasteiger partial charge in [-0.1, -0.05) is 11.6 Å². The number of halogens is 2. The van der Waals surface area contributed by atoms with Gasteiger partial charge in [0, 0.05) is 17.4 Å². The first-order chi connectivity index (χ1) is 8.95. The van der Waals surface area contributed by atoms with Gasteiger partial charge >= 0.3 is 0 Å². The van der Waals surface area contributed by atoms with Crippen LogP contribution in [0.15, 0.2) is 30.5 Å². The molecular weight excluding hydrogens is 269 g/mol. The Morgan fingerprint density at radius 2 is 2.11 bits per heavy atom. The zero-order chi connectivity index (χ0) is 14.0. The Morgan fingerprint density at radius 3 is 2.79 bits per heavy atom. The summed E-state index contributed by atoms with van der Waals surface area (Å²) >= 11 is 5.87. The zero-order valence-electron chi connectivity index (χ0n) is 10.1. The number of benzene rings is 1. The highest BCUT2D eigenvalue weighted by molar-refractivity contribution is 6.32. The molecule has 0 fully saturated rings. The van der Waals surface area contributed by atoms with Crippen LogP contribution >= 0.6 is 11.6 Å². The van der Waals surface area contributed by atoms with Crippen molar-refractivity contribution < 1.29 is 9.18 Å². The predicted molar refractivity (Wildman–Crippen MR) is 72.7 cm³/mol. The lowest BCUT2D eigenvalue weighted by molar-refractivity contribution is 0.102. The van der Waals surface area contributed by atoms with Gasteiger partial charge in [-0.15, -0.1) is 0 Å². The van der Waals surface area contributed by atoms with Crippen LogP contribution in [0.4, 0.5) is 15.8 Å². The number of hydrogen-bond donors (Lipinski definition) is 2. The minimum Gasteiger partial charge on any atom is -0.399 e. The molecule has 1 amide bonds. The van der Waals surface area contributed by atoms with E-state index in [2.05, 4.69) is 10.3 Å². The molecule has 1 aromatic heterocycles. The number of amides is 1. The number of nitrogens with zero attached hydrogens (tertiary/aromatic N) is 1. The number of pyridine rings is 1. The van der Waals surface area contributed by atoms with Gasteiger partial charge in [0.1, 0.15) is 5.82 Å². The van der Waals surface area contributed by atoms with Crippen LogP contribution in [-0.4, -0.2) is 10.9 Å². The number of carbonyl (C=O) groups is 1. The van der Waals surface area contributed by atoms with Gasteiger partial charge in [-0.2, -0.15) is 0 Å². The van der Waals surface area contributed by atoms with Crippen molar-refractivity contribution in [3.8, 4) is 0 Å². The lowest BCUT2D eigenvalue weighted by Gasteiger charge is -2.08. The number of nitrogens with two attached hydrogens (primary N) is 1. The Balaban J connectivity index is 2.28. The fourth-order valence-electron chi connectivity index (χ4n) is 1.58. The highest BCUT2D eigenvalue weighted by Crippen LogP contribution is 2.21. The van der Waals surface area contributed by atoms with Crippen molar-refractivity contribution in [1.29, 1.82) is 0 Å². The highest BCUT2D eigenvalue weighted by Gasteiger charge is 2.11. The van der Waals surface area contributed by atoms with E-state index in [1.54, 1.807) is 12.3 Å². The van der Waals surface area contributed by atoms with E-state index in [4.69, 9.17) is 17.3 Å². The molecule has 1 aromatic carbocycles. The summed E-state index contributed by atoms with van der Waals surface area (Å²) in [7, 11) is 0. The van der Waals surface area contributed by atoms with Crippen molar-refractivity contribution in [2.45, 2.75) is 6.92 Å². The third-order valence-electron chi connectivity index (χ3n) is 2.41. The molecule has 3 N–H and O–H groups in total. The summed E-state index contributed by atoms with van der Waals surface area (Å²) in [6.07, 6.45) is 1.58. The quantitative estimate of drug-likeness (QED) is 0.656. The summed E-state index contributed by atoms with van der Waals surface area (Å²) in [5.41, 5.74) is 7.00. The van der Waals surface area contributed by atoms with E-state index in [0.717, 1.165) is 17.7 Å². The largest absolute Gasteiger partial charge is 0.399 e. The standard InChI is InChI=1S/C13H11ClFN3O/c1-7-2-11(12(14)17-6-7)18-13(19)8-3-9(15)5-10(16)4-8/h2-6H,16H2,1H3,(H,18,19). The third-order valence-corrected chi connectivity index (χ3v) is 2.71. The van der Waals surface area contributed by atoms with Gasteiger partial charge in [0.05, 0.1) is 5.69 Å². The van der Waals surface area contributed by atoms with Crippen molar-refractivity contribution in [3.05, 3.63) is 52.6 Å². The fraction of sp³-hybridized carbons (Fsp3) is 0.0769. The van der Waals surface area contributed by atoms with Crippen molar-refractivity contribution in [3.63, 3.8) is 0 Å². The van der Waals surface area contributed by atoms with E-state index >= 15 is 0 Å². The molecule has 98 valence electrons. The Morgan fingerprint density at radius 1 is 1.37 bits per heavy atom. The predicted octanol–water partition coefficient (Wildman–Crippen LogP) is 3.02. The summed E-state index contributed by atoms with van der Waals surface area (Å²) < 4.78 is 13.2. The van der Waals surface area contributed by atoms with Crippen molar-refractivity contribution in [2.24, 2.45) is 0 Å². The molecule has 0 aliphatic rings. The van der Waals surface area contributed by atoms with E-state index in [0.29, 0.717) is 5.69 Å². The normalized spacial score (nSPS) is 10.3. The molecule has 2 aromatic rings. The number of aromatic nitrogens is 1. The molecule has 0 atom stereocenters. The lowest BCUT2D eigenvalue weighted by Crippen LogP contribution is -2.13. The topological polar surface area (TPSA) is 68.0 Å². The van der Waals surface area contributed by atoms with Crippen LogP contribution < -0.4 is 11.1 Å². The summed E-state index contributed by atoms with van der Waals surface area (Å²) in [4.78, 5) is 15.9. The number of aryl methyl sites for hydroxylation is 1. The van der Waals surface area contributed by atoms with E-state index in [1.165, 1.54) is 6.07 Å². The van der Waals surface area contributed by atoms with E-state index in [9.17, 15) is 9.18 Å². The van der Waals surface area contributed by atoms with Crippen LogP contribution in [0.3, 0.4) is 0 Å². The van der Waals surface area contributed by atoms with Crippen LogP contribution in [0.2, 0.25) is 5.15 Å². The Bertz CT molecular complexity index is 626. The van der Waals surface area contributed by atoms with Gasteiger partial charge in [0.25, 0.3) is 5.91 Å². The van der Waals surface area contributed by atoms with Gasteiger partial charge in [-0.3, -0.25) is 4.79 Å². The summed E-state index contributed by atoms with van der Waals surface area (Å²) in [6, 6.07) is 5.30. The number of rotatable bonds is 2. The highest BCUT2D eigenvalue weighted by atomic mass is 35.5. The van der Waals surface area contributed by atoms with Crippen LogP contribution in [-0.2, 0) is 0 Å². The molecule has 0 saturated carbocycles. The monoisotopic (exact) mass is 279 g/mol. The summed E-state index contributed by atoms with van der Waals surface area (Å²) in [6.45, 7) is 1.82. The first-order valence-corrected chi connectivity index (χ1v) is 5.83. The lowest BCUT2D eigenvalue weighted by atomic mass is 10.2. The average Bonchev–Trinajstić information content (AvgIpc) is 2.32. The molecule has 1 heterocycles. The number of carbonyl (C=O) groups excluding carboxylic acids is 1. The number of nitrogens with one attached hydrogen (secondary N) is 1. The third kappa shape index (κ3) is 3.20. The van der Waals surface area contributed by atoms with Crippen molar-refractivity contribution in [2.75, 3.05) is 11.1 Å². The second-order valence-corrected chi connectivity index (χ2v) is 4.44. The molecule has 0 bridgehead atoms. The van der Waals surface area contributed by atoms with Gasteiger partial charge in [0.15, 0.2) is 5.15 Å². The van der Waals surface area contributed by atoms with Crippen LogP contribution in [0.25, 0.3) is 0 Å². The second kappa shape index (κ2) is 5.24. The first kappa shape index (κ1) is 13.3. The maximum atomic E-state index is 13.2. The molecule has 4 nitrogen and oxygen atoms in total. The average molecular weight is 280 g/mol. The van der Waals surface area contributed by atoms with Crippen LogP contribution in [0.1, 0.15) is 15.9 Å². The molecule has 6 heteroatoms. The molecule has 0 radical (unpaired) electrons. The van der Waals surface area contributed by atoms with E-state index in [-0.39, 0.29) is 16.4 Å². The zero-order valence-corrected chi connectivity index (χ0v) is 10.8. The summed E-state index contributed by atoms with van der Waals surface area (Å²) in [5.74, 6) is -1.07. The molecule has 19 heavy (non-hydrogen) atoms. The maximum Gasteiger partial charge on any atom is 0.255 e. The smallest absolute Gasteiger partial charge is 0.255 e. The van der Waals surface area contributed by atoms with Gasteiger partial charge in [-0.25, -0.2) is 9.37 Å². The molecule has 2 rings (SSSR count). The van der Waals surface area contributed by atoms with Gasteiger partial charge in [0.2, 0.25) is 0 Å². The minimum absolute atomic E-state index is 0.120. The molecule has 0 spiro atoms. The number of nitrogen functional groups attached to an aromatic ring is 1. The second-order valence-electron chi connectivity index (χ2n) is 4.08. The molecule has 0 aliphatic heterocycles. The maximum absolute atomic E-state index is 13.2. The van der Waals surface area contributed by atoms with Gasteiger partial charge < -0.3 is 11.1 Å².